The Labute approximate surface area is 96.2 Å². The number of hydrogen-bond donors (Lipinski definition) is 1. The Morgan fingerprint density at radius 1 is 1.20 bits per heavy atom. The second kappa shape index (κ2) is 3.76. The topological polar surface area (TPSA) is 37.8 Å². The Bertz CT molecular complexity index is 557. The maximum Gasteiger partial charge on any atom is 0.264 e. The fourth-order valence-corrected chi connectivity index (χ4v) is 1.67. The van der Waals surface area contributed by atoms with Crippen molar-refractivity contribution in [2.45, 2.75) is 6.92 Å². The lowest BCUT2D eigenvalue weighted by Gasteiger charge is -2.06. The summed E-state index contributed by atoms with van der Waals surface area (Å²) >= 11 is 11.7. The second-order valence-corrected chi connectivity index (χ2v) is 4.01. The molecule has 0 atom stereocenters. The van der Waals surface area contributed by atoms with Crippen LogP contribution in [-0.4, -0.2) is 9.78 Å². The summed E-state index contributed by atoms with van der Waals surface area (Å²) in [5.74, 6) is 0. The average molecular weight is 243 g/mol. The minimum atomic E-state index is -0.140. The number of hydrogen-bond acceptors (Lipinski definition) is 1. The summed E-state index contributed by atoms with van der Waals surface area (Å²) in [6, 6.07) is 6.70. The van der Waals surface area contributed by atoms with Crippen LogP contribution in [0.3, 0.4) is 0 Å². The predicted octanol–water partition coefficient (Wildman–Crippen LogP) is 2.78. The summed E-state index contributed by atoms with van der Waals surface area (Å²) < 4.78 is 1.66. The van der Waals surface area contributed by atoms with Crippen molar-refractivity contribution in [2.24, 2.45) is 0 Å². The molecule has 1 aromatic heterocycles. The van der Waals surface area contributed by atoms with Gasteiger partial charge >= 0.3 is 0 Å². The first-order valence-corrected chi connectivity index (χ1v) is 5.07. The number of rotatable bonds is 1. The highest BCUT2D eigenvalue weighted by Gasteiger charge is 2.04. The van der Waals surface area contributed by atoms with Crippen LogP contribution in [0.1, 0.15) is 5.69 Å². The van der Waals surface area contributed by atoms with Crippen molar-refractivity contribution in [1.29, 1.82) is 0 Å². The molecule has 1 aromatic carbocycles. The van der Waals surface area contributed by atoms with Gasteiger partial charge in [-0.1, -0.05) is 23.2 Å². The van der Waals surface area contributed by atoms with Crippen molar-refractivity contribution in [2.75, 3.05) is 0 Å². The maximum absolute atomic E-state index is 11.1. The maximum atomic E-state index is 11.1. The zero-order chi connectivity index (χ0) is 11.0. The average Bonchev–Trinajstić information content (AvgIpc) is 2.50. The van der Waals surface area contributed by atoms with Gasteiger partial charge in [0, 0.05) is 11.8 Å². The molecule has 0 saturated heterocycles. The molecule has 0 aliphatic rings. The van der Waals surface area contributed by atoms with Gasteiger partial charge in [0.2, 0.25) is 0 Å². The van der Waals surface area contributed by atoms with Crippen LogP contribution in [0, 0.1) is 6.92 Å². The van der Waals surface area contributed by atoms with Crippen LogP contribution >= 0.6 is 23.2 Å². The van der Waals surface area contributed by atoms with Crippen molar-refractivity contribution >= 4 is 23.2 Å². The quantitative estimate of drug-likeness (QED) is 0.821. The lowest BCUT2D eigenvalue weighted by atomic mass is 10.3. The number of nitrogens with zero attached hydrogens (tertiary/aromatic N) is 1. The summed E-state index contributed by atoms with van der Waals surface area (Å²) in [6.45, 7) is 1.83. The van der Waals surface area contributed by atoms with Crippen LogP contribution in [0.2, 0.25) is 10.0 Å². The predicted molar refractivity (Wildman–Crippen MR) is 61.1 cm³/mol. The van der Waals surface area contributed by atoms with E-state index in [0.717, 1.165) is 11.4 Å². The standard InChI is InChI=1S/C10H8Cl2N2O/c1-6-4-10(15)13-14(6)7-2-3-8(11)9(12)5-7/h2-5H,1H3,(H,13,15). The SMILES string of the molecule is Cc1cc(=O)[nH]n1-c1ccc(Cl)c(Cl)c1. The van der Waals surface area contributed by atoms with E-state index in [-0.39, 0.29) is 5.56 Å². The zero-order valence-electron chi connectivity index (χ0n) is 7.92. The molecule has 2 aromatic rings. The van der Waals surface area contributed by atoms with E-state index >= 15 is 0 Å². The molecule has 0 amide bonds. The van der Waals surface area contributed by atoms with Crippen molar-refractivity contribution in [3.05, 3.63) is 50.4 Å². The van der Waals surface area contributed by atoms with Crippen molar-refractivity contribution in [3.8, 4) is 5.69 Å². The van der Waals surface area contributed by atoms with Gasteiger partial charge in [-0.25, -0.2) is 0 Å². The molecule has 0 saturated carbocycles. The Hall–Kier alpha value is -1.19. The smallest absolute Gasteiger partial charge is 0.264 e. The summed E-state index contributed by atoms with van der Waals surface area (Å²) in [5.41, 5.74) is 1.46. The van der Waals surface area contributed by atoms with Crippen molar-refractivity contribution < 1.29 is 0 Å². The lowest BCUT2D eigenvalue weighted by Crippen LogP contribution is -2.04. The number of benzene rings is 1. The van der Waals surface area contributed by atoms with Crippen LogP contribution in [-0.2, 0) is 0 Å². The highest BCUT2D eigenvalue weighted by atomic mass is 35.5. The molecule has 15 heavy (non-hydrogen) atoms. The van der Waals surface area contributed by atoms with Crippen molar-refractivity contribution in [3.63, 3.8) is 0 Å². The Morgan fingerprint density at radius 3 is 2.47 bits per heavy atom. The third-order valence-corrected chi connectivity index (χ3v) is 2.82. The Kier molecular flexibility index (Phi) is 2.59. The van der Waals surface area contributed by atoms with E-state index in [4.69, 9.17) is 23.2 Å². The minimum Gasteiger partial charge on any atom is -0.268 e. The molecule has 1 N–H and O–H groups in total. The highest BCUT2D eigenvalue weighted by molar-refractivity contribution is 6.42. The van der Waals surface area contributed by atoms with Crippen molar-refractivity contribution in [1.82, 2.24) is 9.78 Å². The minimum absolute atomic E-state index is 0.140. The molecule has 5 heteroatoms. The van der Waals surface area contributed by atoms with Crippen LogP contribution in [0.25, 0.3) is 5.69 Å². The third kappa shape index (κ3) is 1.94. The molecule has 0 radical (unpaired) electrons. The summed E-state index contributed by atoms with van der Waals surface area (Å²) in [7, 11) is 0. The zero-order valence-corrected chi connectivity index (χ0v) is 9.43. The Morgan fingerprint density at radius 2 is 1.93 bits per heavy atom. The fraction of sp³-hybridized carbons (Fsp3) is 0.100. The van der Waals surface area contributed by atoms with E-state index < -0.39 is 0 Å². The molecule has 0 fully saturated rings. The molecule has 0 aliphatic heterocycles. The molecule has 78 valence electrons. The number of H-pyrrole nitrogens is 1. The molecule has 0 unspecified atom stereocenters. The van der Waals surface area contributed by atoms with Crippen LogP contribution in [0.4, 0.5) is 0 Å². The van der Waals surface area contributed by atoms with E-state index in [0.29, 0.717) is 10.0 Å². The van der Waals surface area contributed by atoms with E-state index in [1.165, 1.54) is 6.07 Å². The summed E-state index contributed by atoms with van der Waals surface area (Å²) in [6.07, 6.45) is 0. The largest absolute Gasteiger partial charge is 0.268 e. The molecular weight excluding hydrogens is 235 g/mol. The van der Waals surface area contributed by atoms with Gasteiger partial charge < -0.3 is 0 Å². The fourth-order valence-electron chi connectivity index (χ4n) is 1.38. The van der Waals surface area contributed by atoms with Crippen LogP contribution < -0.4 is 5.56 Å². The van der Waals surface area contributed by atoms with Gasteiger partial charge in [0.15, 0.2) is 0 Å². The summed E-state index contributed by atoms with van der Waals surface area (Å²) in [5, 5.41) is 3.62. The number of aromatic amines is 1. The van der Waals surface area contributed by atoms with Gasteiger partial charge in [-0.2, -0.15) is 0 Å². The van der Waals surface area contributed by atoms with Gasteiger partial charge in [-0.05, 0) is 25.1 Å². The van der Waals surface area contributed by atoms with Gasteiger partial charge in [0.1, 0.15) is 0 Å². The lowest BCUT2D eigenvalue weighted by molar-refractivity contribution is 0.834. The van der Waals surface area contributed by atoms with E-state index in [2.05, 4.69) is 5.10 Å². The van der Waals surface area contributed by atoms with Gasteiger partial charge in [0.25, 0.3) is 5.56 Å². The second-order valence-electron chi connectivity index (χ2n) is 3.20. The molecule has 0 bridgehead atoms. The van der Waals surface area contributed by atoms with Crippen LogP contribution in [0.15, 0.2) is 29.1 Å². The number of halogens is 2. The third-order valence-electron chi connectivity index (χ3n) is 2.08. The summed E-state index contributed by atoms with van der Waals surface area (Å²) in [4.78, 5) is 11.1. The van der Waals surface area contributed by atoms with Crippen LogP contribution in [0.5, 0.6) is 0 Å². The number of aromatic nitrogens is 2. The van der Waals surface area contributed by atoms with Gasteiger partial charge in [-0.3, -0.25) is 14.6 Å². The number of aryl methyl sites for hydroxylation is 1. The molecule has 3 nitrogen and oxygen atoms in total. The number of nitrogens with one attached hydrogen (secondary N) is 1. The molecular formula is C10H8Cl2N2O. The molecule has 2 rings (SSSR count). The van der Waals surface area contributed by atoms with E-state index in [1.54, 1.807) is 22.9 Å². The molecule has 0 spiro atoms. The first kappa shape index (κ1) is 10.3. The normalized spacial score (nSPS) is 10.6. The van der Waals surface area contributed by atoms with Gasteiger partial charge in [0.05, 0.1) is 15.7 Å². The monoisotopic (exact) mass is 242 g/mol. The first-order chi connectivity index (χ1) is 7.08. The first-order valence-electron chi connectivity index (χ1n) is 4.32. The van der Waals surface area contributed by atoms with E-state index in [1.807, 2.05) is 6.92 Å². The van der Waals surface area contributed by atoms with E-state index in [9.17, 15) is 4.79 Å². The molecule has 0 aliphatic carbocycles. The highest BCUT2D eigenvalue weighted by Crippen LogP contribution is 2.24. The molecule has 1 heterocycles. The van der Waals surface area contributed by atoms with Gasteiger partial charge in [-0.15, -0.1) is 0 Å². The Balaban J connectivity index is 2.59.